The third-order valence-corrected chi connectivity index (χ3v) is 2.34. The second kappa shape index (κ2) is 3.68. The summed E-state index contributed by atoms with van der Waals surface area (Å²) in [6.45, 7) is 0. The third-order valence-electron chi connectivity index (χ3n) is 2.34. The maximum absolute atomic E-state index is 10.4. The fraction of sp³-hybridized carbons (Fsp3) is 0.300. The van der Waals surface area contributed by atoms with Crippen molar-refractivity contribution in [1.82, 2.24) is 14.5 Å². The number of aromatic nitrogens is 3. The highest BCUT2D eigenvalue weighted by molar-refractivity contribution is 5.74. The van der Waals surface area contributed by atoms with Crippen molar-refractivity contribution >= 4 is 17.0 Å². The van der Waals surface area contributed by atoms with Gasteiger partial charge >= 0.3 is 5.97 Å². The molecule has 2 aromatic rings. The van der Waals surface area contributed by atoms with Crippen molar-refractivity contribution in [2.45, 2.75) is 12.8 Å². The van der Waals surface area contributed by atoms with Crippen LogP contribution in [-0.4, -0.2) is 25.6 Å². The molecule has 0 aliphatic rings. The molecule has 0 radical (unpaired) electrons. The van der Waals surface area contributed by atoms with Gasteiger partial charge in [-0.2, -0.15) is 0 Å². The molecule has 5 nitrogen and oxygen atoms in total. The lowest BCUT2D eigenvalue weighted by atomic mass is 10.3. The monoisotopic (exact) mass is 205 g/mol. The number of pyridine rings is 1. The van der Waals surface area contributed by atoms with Crippen LogP contribution in [0.4, 0.5) is 0 Å². The number of aryl methyl sites for hydroxylation is 2. The van der Waals surface area contributed by atoms with Gasteiger partial charge in [0.2, 0.25) is 0 Å². The third kappa shape index (κ3) is 1.81. The largest absolute Gasteiger partial charge is 0.481 e. The number of carboxylic acid groups (broad SMARTS) is 1. The molecule has 0 aromatic carbocycles. The van der Waals surface area contributed by atoms with Gasteiger partial charge in [0, 0.05) is 19.7 Å². The number of fused-ring (bicyclic) bond motifs is 1. The Kier molecular flexibility index (Phi) is 2.37. The van der Waals surface area contributed by atoms with Crippen molar-refractivity contribution < 1.29 is 9.90 Å². The number of aliphatic carboxylic acids is 1. The Morgan fingerprint density at radius 3 is 3.07 bits per heavy atom. The molecule has 0 aliphatic heterocycles. The average molecular weight is 205 g/mol. The van der Waals surface area contributed by atoms with Crippen LogP contribution >= 0.6 is 0 Å². The van der Waals surface area contributed by atoms with E-state index < -0.39 is 5.97 Å². The number of hydrogen-bond acceptors (Lipinski definition) is 3. The lowest BCUT2D eigenvalue weighted by Crippen LogP contribution is -2.03. The lowest BCUT2D eigenvalue weighted by Gasteiger charge is -1.99. The maximum atomic E-state index is 10.4. The summed E-state index contributed by atoms with van der Waals surface area (Å²) in [5.74, 6) is -0.0272. The van der Waals surface area contributed by atoms with E-state index in [1.165, 1.54) is 0 Å². The van der Waals surface area contributed by atoms with E-state index in [1.54, 1.807) is 12.4 Å². The molecule has 2 aromatic heterocycles. The van der Waals surface area contributed by atoms with E-state index in [4.69, 9.17) is 5.11 Å². The highest BCUT2D eigenvalue weighted by Gasteiger charge is 2.08. The zero-order valence-corrected chi connectivity index (χ0v) is 8.34. The summed E-state index contributed by atoms with van der Waals surface area (Å²) in [6.07, 6.45) is 3.93. The van der Waals surface area contributed by atoms with Crippen molar-refractivity contribution in [2.24, 2.45) is 7.05 Å². The number of carboxylic acids is 1. The zero-order chi connectivity index (χ0) is 10.8. The van der Waals surface area contributed by atoms with Crippen molar-refractivity contribution in [1.29, 1.82) is 0 Å². The summed E-state index contributed by atoms with van der Waals surface area (Å²) < 4.78 is 1.90. The molecule has 5 heteroatoms. The van der Waals surface area contributed by atoms with Crippen molar-refractivity contribution in [3.63, 3.8) is 0 Å². The second-order valence-corrected chi connectivity index (χ2v) is 3.35. The van der Waals surface area contributed by atoms with Gasteiger partial charge in [-0.1, -0.05) is 0 Å². The Balaban J connectivity index is 2.36. The molecular weight excluding hydrogens is 194 g/mol. The minimum absolute atomic E-state index is 0.102. The number of nitrogens with zero attached hydrogens (tertiary/aromatic N) is 3. The Morgan fingerprint density at radius 2 is 2.40 bits per heavy atom. The van der Waals surface area contributed by atoms with Gasteiger partial charge in [-0.05, 0) is 6.07 Å². The molecule has 0 amide bonds. The standard InChI is InChI=1S/C10H11N3O2/c1-13-8-4-5-11-6-7(8)12-9(13)2-3-10(14)15/h4-6H,2-3H2,1H3,(H,14,15). The molecule has 2 rings (SSSR count). The van der Waals surface area contributed by atoms with Crippen LogP contribution in [0.3, 0.4) is 0 Å². The van der Waals surface area contributed by atoms with E-state index >= 15 is 0 Å². The fourth-order valence-corrected chi connectivity index (χ4v) is 1.54. The second-order valence-electron chi connectivity index (χ2n) is 3.35. The number of imidazole rings is 1. The molecule has 2 heterocycles. The summed E-state index contributed by atoms with van der Waals surface area (Å²) in [7, 11) is 1.88. The Bertz CT molecular complexity index is 504. The van der Waals surface area contributed by atoms with Crippen LogP contribution in [0.1, 0.15) is 12.2 Å². The van der Waals surface area contributed by atoms with Crippen LogP contribution in [0, 0.1) is 0 Å². The Hall–Kier alpha value is -1.91. The van der Waals surface area contributed by atoms with E-state index in [-0.39, 0.29) is 6.42 Å². The van der Waals surface area contributed by atoms with E-state index in [2.05, 4.69) is 9.97 Å². The molecule has 0 bridgehead atoms. The average Bonchev–Trinajstić information content (AvgIpc) is 2.54. The van der Waals surface area contributed by atoms with Gasteiger partial charge in [0.05, 0.1) is 18.1 Å². The minimum Gasteiger partial charge on any atom is -0.481 e. The zero-order valence-electron chi connectivity index (χ0n) is 8.34. The predicted molar refractivity (Wildman–Crippen MR) is 54.5 cm³/mol. The number of rotatable bonds is 3. The first-order valence-corrected chi connectivity index (χ1v) is 4.65. The lowest BCUT2D eigenvalue weighted by molar-refractivity contribution is -0.137. The minimum atomic E-state index is -0.805. The van der Waals surface area contributed by atoms with Gasteiger partial charge < -0.3 is 9.67 Å². The molecule has 15 heavy (non-hydrogen) atoms. The highest BCUT2D eigenvalue weighted by atomic mass is 16.4. The molecule has 0 aliphatic carbocycles. The fourth-order valence-electron chi connectivity index (χ4n) is 1.54. The van der Waals surface area contributed by atoms with Gasteiger partial charge in [-0.25, -0.2) is 4.98 Å². The van der Waals surface area contributed by atoms with Crippen LogP contribution in [0.15, 0.2) is 18.5 Å². The molecule has 0 atom stereocenters. The molecule has 0 saturated heterocycles. The first kappa shape index (κ1) is 9.64. The summed E-state index contributed by atoms with van der Waals surface area (Å²) in [5.41, 5.74) is 1.78. The molecule has 0 unspecified atom stereocenters. The van der Waals surface area contributed by atoms with Crippen LogP contribution in [-0.2, 0) is 18.3 Å². The summed E-state index contributed by atoms with van der Waals surface area (Å²) in [6, 6.07) is 1.87. The van der Waals surface area contributed by atoms with Crippen LogP contribution in [0.5, 0.6) is 0 Å². The molecule has 0 fully saturated rings. The van der Waals surface area contributed by atoms with Gasteiger partial charge in [0.1, 0.15) is 11.3 Å². The van der Waals surface area contributed by atoms with Gasteiger partial charge in [-0.15, -0.1) is 0 Å². The first-order valence-electron chi connectivity index (χ1n) is 4.65. The summed E-state index contributed by atoms with van der Waals surface area (Å²) >= 11 is 0. The van der Waals surface area contributed by atoms with E-state index in [0.29, 0.717) is 6.42 Å². The molecule has 0 spiro atoms. The molecule has 0 saturated carbocycles. The van der Waals surface area contributed by atoms with Crippen molar-refractivity contribution in [2.75, 3.05) is 0 Å². The van der Waals surface area contributed by atoms with Gasteiger partial charge in [0.15, 0.2) is 0 Å². The van der Waals surface area contributed by atoms with Crippen LogP contribution in [0.25, 0.3) is 11.0 Å². The van der Waals surface area contributed by atoms with Crippen LogP contribution < -0.4 is 0 Å². The molecule has 78 valence electrons. The van der Waals surface area contributed by atoms with Crippen molar-refractivity contribution in [3.05, 3.63) is 24.3 Å². The van der Waals surface area contributed by atoms with E-state index in [9.17, 15) is 4.79 Å². The number of hydrogen-bond donors (Lipinski definition) is 1. The number of carbonyl (C=O) groups is 1. The van der Waals surface area contributed by atoms with E-state index in [1.807, 2.05) is 17.7 Å². The first-order chi connectivity index (χ1) is 7.18. The smallest absolute Gasteiger partial charge is 0.303 e. The summed E-state index contributed by atoms with van der Waals surface area (Å²) in [4.78, 5) is 18.7. The van der Waals surface area contributed by atoms with Crippen LogP contribution in [0.2, 0.25) is 0 Å². The Labute approximate surface area is 86.4 Å². The predicted octanol–water partition coefficient (Wildman–Crippen LogP) is 0.985. The van der Waals surface area contributed by atoms with E-state index in [0.717, 1.165) is 16.9 Å². The Morgan fingerprint density at radius 1 is 1.60 bits per heavy atom. The molecular formula is C10H11N3O2. The van der Waals surface area contributed by atoms with Gasteiger partial charge in [-0.3, -0.25) is 9.78 Å². The SMILES string of the molecule is Cn1c(CCC(=O)O)nc2cnccc21. The maximum Gasteiger partial charge on any atom is 0.303 e. The quantitative estimate of drug-likeness (QED) is 0.811. The normalized spacial score (nSPS) is 10.7. The topological polar surface area (TPSA) is 68.0 Å². The van der Waals surface area contributed by atoms with Crippen molar-refractivity contribution in [3.8, 4) is 0 Å². The highest BCUT2D eigenvalue weighted by Crippen LogP contribution is 2.13. The summed E-state index contributed by atoms with van der Waals surface area (Å²) in [5, 5.41) is 8.59. The van der Waals surface area contributed by atoms with Gasteiger partial charge in [0.25, 0.3) is 0 Å². The molecule has 1 N–H and O–H groups in total.